The third kappa shape index (κ3) is 43.4. The number of hydrogen-bond acceptors (Lipinski definition) is 7. The van der Waals surface area contributed by atoms with Gasteiger partial charge in [0, 0.05) is 12.8 Å². The molecule has 0 saturated carbocycles. The smallest absolute Gasteiger partial charge is 0.462 e. The Morgan fingerprint density at radius 3 is 1.46 bits per heavy atom. The first-order chi connectivity index (χ1) is 27.5. The largest absolute Gasteiger partial charge is 0.472 e. The number of carbonyl (C=O) groups excluding carboxylic acids is 2. The summed E-state index contributed by atoms with van der Waals surface area (Å²) >= 11 is 0. The van der Waals surface area contributed by atoms with E-state index in [1.54, 1.807) is 0 Å². The SMILES string of the molecule is CCCCC/C=C\CCCCCCCC(=O)OCC(COP(=O)(O)OCC[N+](C)(C)C)OC(=O)CCCCCCCC/C=C\C/C=C\C/C=C\CCCCCCC. The predicted molar refractivity (Wildman–Crippen MR) is 238 cm³/mol. The summed E-state index contributed by atoms with van der Waals surface area (Å²) < 4.78 is 34.3. The zero-order valence-electron chi connectivity index (χ0n) is 37.3. The van der Waals surface area contributed by atoms with Crippen molar-refractivity contribution in [1.29, 1.82) is 0 Å². The van der Waals surface area contributed by atoms with Gasteiger partial charge in [-0.1, -0.05) is 146 Å². The molecule has 0 radical (unpaired) electrons. The highest BCUT2D eigenvalue weighted by atomic mass is 31.2. The summed E-state index contributed by atoms with van der Waals surface area (Å²) in [6.07, 6.45) is 45.8. The summed E-state index contributed by atoms with van der Waals surface area (Å²) in [6, 6.07) is 0. The number of nitrogens with zero attached hydrogens (tertiary/aromatic N) is 1. The van der Waals surface area contributed by atoms with E-state index in [9.17, 15) is 19.0 Å². The Labute approximate surface area is 350 Å². The molecule has 10 heteroatoms. The van der Waals surface area contributed by atoms with Crippen LogP contribution in [0.1, 0.15) is 187 Å². The average Bonchev–Trinajstić information content (AvgIpc) is 3.16. The molecule has 0 bridgehead atoms. The topological polar surface area (TPSA) is 108 Å². The van der Waals surface area contributed by atoms with Crippen LogP contribution in [0.25, 0.3) is 0 Å². The molecular weight excluding hydrogens is 737 g/mol. The van der Waals surface area contributed by atoms with Gasteiger partial charge in [0.2, 0.25) is 0 Å². The third-order valence-corrected chi connectivity index (χ3v) is 10.6. The minimum absolute atomic E-state index is 0.0262. The second kappa shape index (κ2) is 39.4. The maximum atomic E-state index is 12.7. The maximum absolute atomic E-state index is 12.7. The van der Waals surface area contributed by atoms with Crippen LogP contribution in [0.2, 0.25) is 0 Å². The molecule has 0 aliphatic rings. The zero-order chi connectivity index (χ0) is 42.1. The summed E-state index contributed by atoms with van der Waals surface area (Å²) in [5.41, 5.74) is 0. The molecule has 0 fully saturated rings. The number of allylic oxidation sites excluding steroid dienone is 8. The Hall–Kier alpha value is -2.03. The maximum Gasteiger partial charge on any atom is 0.472 e. The van der Waals surface area contributed by atoms with Gasteiger partial charge in [-0.05, 0) is 77.0 Å². The van der Waals surface area contributed by atoms with E-state index in [1.165, 1.54) is 64.2 Å². The van der Waals surface area contributed by atoms with E-state index in [4.69, 9.17) is 18.5 Å². The molecule has 0 aliphatic carbocycles. The van der Waals surface area contributed by atoms with Crippen molar-refractivity contribution in [2.24, 2.45) is 0 Å². The number of hydrogen-bond donors (Lipinski definition) is 1. The van der Waals surface area contributed by atoms with E-state index in [0.717, 1.165) is 89.9 Å². The Balaban J connectivity index is 4.35. The Kier molecular flexibility index (Phi) is 38.0. The van der Waals surface area contributed by atoms with Crippen molar-refractivity contribution in [2.45, 2.75) is 193 Å². The van der Waals surface area contributed by atoms with Crippen LogP contribution in [0.15, 0.2) is 48.6 Å². The van der Waals surface area contributed by atoms with Gasteiger partial charge < -0.3 is 18.9 Å². The molecule has 0 aromatic carbocycles. The van der Waals surface area contributed by atoms with Crippen LogP contribution < -0.4 is 0 Å². The summed E-state index contributed by atoms with van der Waals surface area (Å²) in [5, 5.41) is 0. The van der Waals surface area contributed by atoms with Gasteiger partial charge in [0.15, 0.2) is 6.10 Å². The van der Waals surface area contributed by atoms with E-state index >= 15 is 0 Å². The number of phosphoric acid groups is 1. The van der Waals surface area contributed by atoms with Crippen LogP contribution in [-0.2, 0) is 32.7 Å². The number of ether oxygens (including phenoxy) is 2. The third-order valence-electron chi connectivity index (χ3n) is 9.58. The van der Waals surface area contributed by atoms with Crippen molar-refractivity contribution >= 4 is 19.8 Å². The van der Waals surface area contributed by atoms with Crippen LogP contribution >= 0.6 is 7.82 Å². The van der Waals surface area contributed by atoms with E-state index in [0.29, 0.717) is 17.4 Å². The van der Waals surface area contributed by atoms with Gasteiger partial charge in [0.1, 0.15) is 19.8 Å². The first-order valence-electron chi connectivity index (χ1n) is 22.9. The summed E-state index contributed by atoms with van der Waals surface area (Å²) in [4.78, 5) is 35.4. The van der Waals surface area contributed by atoms with Crippen LogP contribution in [0, 0.1) is 0 Å². The lowest BCUT2D eigenvalue weighted by atomic mass is 10.1. The van der Waals surface area contributed by atoms with Gasteiger partial charge >= 0.3 is 19.8 Å². The van der Waals surface area contributed by atoms with Crippen molar-refractivity contribution in [3.05, 3.63) is 48.6 Å². The lowest BCUT2D eigenvalue weighted by Crippen LogP contribution is -2.37. The van der Waals surface area contributed by atoms with E-state index in [-0.39, 0.29) is 32.0 Å². The van der Waals surface area contributed by atoms with Crippen molar-refractivity contribution in [3.8, 4) is 0 Å². The number of esters is 2. The van der Waals surface area contributed by atoms with Gasteiger partial charge in [-0.15, -0.1) is 0 Å². The van der Waals surface area contributed by atoms with E-state index < -0.39 is 26.5 Å². The van der Waals surface area contributed by atoms with Gasteiger partial charge in [-0.25, -0.2) is 4.57 Å². The lowest BCUT2D eigenvalue weighted by Gasteiger charge is -2.24. The molecule has 0 spiro atoms. The number of phosphoric ester groups is 1. The van der Waals surface area contributed by atoms with Crippen molar-refractivity contribution < 1.29 is 42.1 Å². The highest BCUT2D eigenvalue weighted by Crippen LogP contribution is 2.43. The Bertz CT molecular complexity index is 1110. The van der Waals surface area contributed by atoms with Gasteiger partial charge in [0.05, 0.1) is 27.7 Å². The molecule has 9 nitrogen and oxygen atoms in total. The predicted octanol–water partition coefficient (Wildman–Crippen LogP) is 13.1. The molecule has 0 aromatic rings. The molecule has 0 aromatic heterocycles. The number of likely N-dealkylation sites (N-methyl/N-ethyl adjacent to an activating group) is 1. The quantitative estimate of drug-likeness (QED) is 0.0213. The van der Waals surface area contributed by atoms with Crippen molar-refractivity contribution in [2.75, 3.05) is 47.5 Å². The summed E-state index contributed by atoms with van der Waals surface area (Å²) in [6.45, 7) is 4.36. The van der Waals surface area contributed by atoms with Gasteiger partial charge in [-0.3, -0.25) is 18.6 Å². The molecule has 0 amide bonds. The van der Waals surface area contributed by atoms with Crippen molar-refractivity contribution in [1.82, 2.24) is 0 Å². The standard InChI is InChI=1S/C47H86NO8P/c1-6-8-10-12-14-16-18-20-21-22-23-24-25-26-27-28-30-32-34-36-38-40-47(50)56-45(44-55-57(51,52)54-42-41-48(3,4)5)43-53-46(49)39-37-35-33-31-29-19-17-15-13-11-9-7-2/h15,17-18,20,22-23,25-26,45H,6-14,16,19,21,24,27-44H2,1-5H3/p+1/b17-15-,20-18-,23-22-,26-25-. The molecule has 57 heavy (non-hydrogen) atoms. The highest BCUT2D eigenvalue weighted by molar-refractivity contribution is 7.47. The van der Waals surface area contributed by atoms with Gasteiger partial charge in [0.25, 0.3) is 0 Å². The number of quaternary nitrogens is 1. The zero-order valence-corrected chi connectivity index (χ0v) is 38.2. The fourth-order valence-electron chi connectivity index (χ4n) is 5.96. The van der Waals surface area contributed by atoms with Crippen LogP contribution in [0.5, 0.6) is 0 Å². The first-order valence-corrected chi connectivity index (χ1v) is 24.4. The van der Waals surface area contributed by atoms with Crippen LogP contribution in [0.4, 0.5) is 0 Å². The van der Waals surface area contributed by atoms with E-state index in [2.05, 4.69) is 62.5 Å². The second-order valence-corrected chi connectivity index (χ2v) is 17.9. The second-order valence-electron chi connectivity index (χ2n) is 16.4. The number of unbranched alkanes of at least 4 members (excludes halogenated alkanes) is 19. The summed E-state index contributed by atoms with van der Waals surface area (Å²) in [7, 11) is 1.46. The molecule has 332 valence electrons. The minimum atomic E-state index is -4.38. The molecule has 1 N–H and O–H groups in total. The van der Waals surface area contributed by atoms with Crippen LogP contribution in [0.3, 0.4) is 0 Å². The Morgan fingerprint density at radius 1 is 0.544 bits per heavy atom. The number of rotatable bonds is 41. The fourth-order valence-corrected chi connectivity index (χ4v) is 6.70. The van der Waals surface area contributed by atoms with Gasteiger partial charge in [-0.2, -0.15) is 0 Å². The fraction of sp³-hybridized carbons (Fsp3) is 0.787. The molecule has 2 unspecified atom stereocenters. The lowest BCUT2D eigenvalue weighted by molar-refractivity contribution is -0.870. The molecule has 0 heterocycles. The van der Waals surface area contributed by atoms with E-state index in [1.807, 2.05) is 21.1 Å². The summed E-state index contributed by atoms with van der Waals surface area (Å²) in [5.74, 6) is -0.825. The highest BCUT2D eigenvalue weighted by Gasteiger charge is 2.27. The molecule has 0 saturated heterocycles. The average molecular weight is 825 g/mol. The minimum Gasteiger partial charge on any atom is -0.462 e. The van der Waals surface area contributed by atoms with Crippen LogP contribution in [-0.4, -0.2) is 74.9 Å². The first kappa shape index (κ1) is 55.0. The normalized spacial score (nSPS) is 14.0. The molecular formula is C47H87NO8P+. The molecule has 2 atom stereocenters. The molecule has 0 rings (SSSR count). The monoisotopic (exact) mass is 825 g/mol. The number of carbonyl (C=O) groups is 2. The molecule has 0 aliphatic heterocycles. The Morgan fingerprint density at radius 2 is 0.947 bits per heavy atom. The van der Waals surface area contributed by atoms with Crippen molar-refractivity contribution in [3.63, 3.8) is 0 Å².